The zero-order valence-corrected chi connectivity index (χ0v) is 8.55. The maximum atomic E-state index is 9.19. The number of allylic oxidation sites excluding steroid dienone is 1. The van der Waals surface area contributed by atoms with Gasteiger partial charge in [0.15, 0.2) is 0 Å². The van der Waals surface area contributed by atoms with Crippen molar-refractivity contribution < 1.29 is 9.84 Å². The molecule has 1 atom stereocenters. The minimum absolute atomic E-state index is 0.0663. The Balaban J connectivity index is 2.64. The van der Waals surface area contributed by atoms with Gasteiger partial charge in [-0.1, -0.05) is 6.58 Å². The minimum Gasteiger partial charge on any atom is -0.393 e. The van der Waals surface area contributed by atoms with Crippen LogP contribution in [0.3, 0.4) is 0 Å². The minimum atomic E-state index is -0.421. The summed E-state index contributed by atoms with van der Waals surface area (Å²) < 4.78 is 5.59. The lowest BCUT2D eigenvalue weighted by Crippen LogP contribution is -2.42. The highest BCUT2D eigenvalue weighted by atomic mass is 16.5. The van der Waals surface area contributed by atoms with Gasteiger partial charge in [0.1, 0.15) is 5.60 Å². The number of ether oxygens (including phenoxy) is 1. The lowest BCUT2D eigenvalue weighted by atomic mass is 10.1. The lowest BCUT2D eigenvalue weighted by molar-refractivity contribution is -0.0641. The van der Waals surface area contributed by atoms with Crippen LogP contribution >= 0.6 is 0 Å². The molecule has 0 saturated carbocycles. The molecule has 0 aromatic heterocycles. The van der Waals surface area contributed by atoms with Gasteiger partial charge >= 0.3 is 0 Å². The van der Waals surface area contributed by atoms with Gasteiger partial charge < -0.3 is 14.7 Å². The molecule has 3 nitrogen and oxygen atoms in total. The molecule has 0 aromatic carbocycles. The molecule has 1 heterocycles. The van der Waals surface area contributed by atoms with E-state index in [1.54, 1.807) is 0 Å². The molecule has 1 saturated heterocycles. The van der Waals surface area contributed by atoms with Crippen LogP contribution in [-0.2, 0) is 4.74 Å². The maximum absolute atomic E-state index is 9.19. The fourth-order valence-corrected chi connectivity index (χ4v) is 1.52. The Morgan fingerprint density at radius 2 is 2.38 bits per heavy atom. The Hall–Kier alpha value is -0.540. The molecule has 0 aliphatic carbocycles. The molecule has 1 fully saturated rings. The van der Waals surface area contributed by atoms with Crippen molar-refractivity contribution in [1.82, 2.24) is 4.90 Å². The van der Waals surface area contributed by atoms with E-state index < -0.39 is 5.60 Å². The van der Waals surface area contributed by atoms with E-state index >= 15 is 0 Å². The van der Waals surface area contributed by atoms with Crippen molar-refractivity contribution in [1.29, 1.82) is 0 Å². The second-order valence-electron chi connectivity index (χ2n) is 3.97. The van der Waals surface area contributed by atoms with Gasteiger partial charge in [0, 0.05) is 25.4 Å². The highest BCUT2D eigenvalue weighted by molar-refractivity contribution is 4.94. The smallest absolute Gasteiger partial charge is 0.106 e. The van der Waals surface area contributed by atoms with Crippen molar-refractivity contribution in [3.63, 3.8) is 0 Å². The van der Waals surface area contributed by atoms with Crippen LogP contribution in [0.5, 0.6) is 0 Å². The molecular weight excluding hydrogens is 166 g/mol. The topological polar surface area (TPSA) is 32.7 Å². The molecule has 0 radical (unpaired) electrons. The molecule has 3 heteroatoms. The average Bonchev–Trinajstić information content (AvgIpc) is 2.28. The van der Waals surface area contributed by atoms with Gasteiger partial charge in [-0.3, -0.25) is 0 Å². The summed E-state index contributed by atoms with van der Waals surface area (Å²) in [4.78, 5) is 2.17. The third kappa shape index (κ3) is 2.71. The van der Waals surface area contributed by atoms with Crippen LogP contribution in [0, 0.1) is 0 Å². The van der Waals surface area contributed by atoms with Gasteiger partial charge in [0.25, 0.3) is 0 Å². The van der Waals surface area contributed by atoms with E-state index in [-0.39, 0.29) is 6.61 Å². The van der Waals surface area contributed by atoms with E-state index in [0.29, 0.717) is 0 Å². The summed E-state index contributed by atoms with van der Waals surface area (Å²) >= 11 is 0. The van der Waals surface area contributed by atoms with Crippen LogP contribution in [0.15, 0.2) is 12.3 Å². The Morgan fingerprint density at radius 1 is 1.69 bits per heavy atom. The van der Waals surface area contributed by atoms with Crippen molar-refractivity contribution in [2.75, 3.05) is 26.3 Å². The van der Waals surface area contributed by atoms with Crippen molar-refractivity contribution in [2.45, 2.75) is 25.9 Å². The first-order valence-electron chi connectivity index (χ1n) is 4.73. The first-order valence-corrected chi connectivity index (χ1v) is 4.73. The zero-order chi connectivity index (χ0) is 9.90. The summed E-state index contributed by atoms with van der Waals surface area (Å²) in [5.74, 6) is 0. The van der Waals surface area contributed by atoms with Gasteiger partial charge in [-0.25, -0.2) is 0 Å². The summed E-state index contributed by atoms with van der Waals surface area (Å²) in [5.41, 5.74) is 0.625. The number of aliphatic hydroxyl groups excluding tert-OH is 1. The SMILES string of the molecule is C=C(C)N1CCCO[C@](C)(CO)C1. The molecule has 1 aliphatic heterocycles. The molecule has 0 bridgehead atoms. The van der Waals surface area contributed by atoms with Gasteiger partial charge in [0.2, 0.25) is 0 Å². The first-order chi connectivity index (χ1) is 6.07. The highest BCUT2D eigenvalue weighted by Gasteiger charge is 2.29. The van der Waals surface area contributed by atoms with Crippen LogP contribution in [0.25, 0.3) is 0 Å². The Bertz CT molecular complexity index is 193. The zero-order valence-electron chi connectivity index (χ0n) is 8.55. The summed E-state index contributed by atoms with van der Waals surface area (Å²) in [6, 6.07) is 0. The molecule has 1 aliphatic rings. The fraction of sp³-hybridized carbons (Fsp3) is 0.800. The van der Waals surface area contributed by atoms with Crippen molar-refractivity contribution in [3.8, 4) is 0 Å². The van der Waals surface area contributed by atoms with Crippen molar-refractivity contribution in [3.05, 3.63) is 12.3 Å². The summed E-state index contributed by atoms with van der Waals surface area (Å²) in [6.07, 6.45) is 1.00. The quantitative estimate of drug-likeness (QED) is 0.696. The molecule has 0 spiro atoms. The third-order valence-corrected chi connectivity index (χ3v) is 2.42. The number of nitrogens with zero attached hydrogens (tertiary/aromatic N) is 1. The normalized spacial score (nSPS) is 29.9. The van der Waals surface area contributed by atoms with Crippen molar-refractivity contribution in [2.24, 2.45) is 0 Å². The van der Waals surface area contributed by atoms with Gasteiger partial charge in [-0.15, -0.1) is 0 Å². The molecular formula is C10H19NO2. The van der Waals surface area contributed by atoms with Crippen molar-refractivity contribution >= 4 is 0 Å². The molecule has 13 heavy (non-hydrogen) atoms. The van der Waals surface area contributed by atoms with Gasteiger partial charge in [-0.2, -0.15) is 0 Å². The summed E-state index contributed by atoms with van der Waals surface area (Å²) in [7, 11) is 0. The molecule has 1 rings (SSSR count). The number of hydrogen-bond acceptors (Lipinski definition) is 3. The van der Waals surface area contributed by atoms with Crippen LogP contribution in [0.4, 0.5) is 0 Å². The van der Waals surface area contributed by atoms with Gasteiger partial charge in [0.05, 0.1) is 6.61 Å². The van der Waals surface area contributed by atoms with Gasteiger partial charge in [-0.05, 0) is 20.3 Å². The maximum Gasteiger partial charge on any atom is 0.106 e. The molecule has 0 unspecified atom stereocenters. The predicted octanol–water partition coefficient (Wildman–Crippen LogP) is 0.993. The molecule has 76 valence electrons. The highest BCUT2D eigenvalue weighted by Crippen LogP contribution is 2.18. The largest absolute Gasteiger partial charge is 0.393 e. The Labute approximate surface area is 80.0 Å². The van der Waals surface area contributed by atoms with Crippen LogP contribution in [0.2, 0.25) is 0 Å². The summed E-state index contributed by atoms with van der Waals surface area (Å²) in [6.45, 7) is 10.3. The van der Waals surface area contributed by atoms with E-state index in [1.165, 1.54) is 0 Å². The molecule has 0 amide bonds. The first kappa shape index (κ1) is 10.5. The second-order valence-corrected chi connectivity index (χ2v) is 3.97. The molecule has 1 N–H and O–H groups in total. The lowest BCUT2D eigenvalue weighted by Gasteiger charge is -2.32. The average molecular weight is 185 g/mol. The van der Waals surface area contributed by atoms with E-state index in [1.807, 2.05) is 13.8 Å². The fourth-order valence-electron chi connectivity index (χ4n) is 1.52. The standard InChI is InChI=1S/C10H19NO2/c1-9(2)11-5-4-6-13-10(3,7-11)8-12/h12H,1,4-8H2,2-3H3/t10-/m0/s1. The van der Waals surface area contributed by atoms with Crippen LogP contribution in [-0.4, -0.2) is 41.9 Å². The van der Waals surface area contributed by atoms with E-state index in [2.05, 4.69) is 11.5 Å². The monoisotopic (exact) mass is 185 g/mol. The van der Waals surface area contributed by atoms with Crippen LogP contribution < -0.4 is 0 Å². The number of hydrogen-bond donors (Lipinski definition) is 1. The number of rotatable bonds is 2. The summed E-state index contributed by atoms with van der Waals surface area (Å²) in [5, 5.41) is 9.19. The third-order valence-electron chi connectivity index (χ3n) is 2.42. The van der Waals surface area contributed by atoms with E-state index in [4.69, 9.17) is 4.74 Å². The number of aliphatic hydroxyl groups is 1. The van der Waals surface area contributed by atoms with Crippen LogP contribution in [0.1, 0.15) is 20.3 Å². The predicted molar refractivity (Wildman–Crippen MR) is 52.4 cm³/mol. The van der Waals surface area contributed by atoms with E-state index in [0.717, 1.165) is 31.8 Å². The van der Waals surface area contributed by atoms with E-state index in [9.17, 15) is 5.11 Å². The second kappa shape index (κ2) is 4.11. The Morgan fingerprint density at radius 3 is 2.92 bits per heavy atom. The Kier molecular flexibility index (Phi) is 3.33. The molecule has 0 aromatic rings.